The molecule has 1 N–H and O–H groups in total. The SMILES string of the molecule is Cc1noc(C)c1C(=O)N1CCC[C@@H](c2cc3ccccc3c(=O)[nH]2)C1. The maximum absolute atomic E-state index is 12.9. The molecule has 2 aromatic heterocycles. The fraction of sp³-hybridized carbons (Fsp3) is 0.350. The molecular formula is C20H21N3O3. The van der Waals surface area contributed by atoms with Crippen LogP contribution >= 0.6 is 0 Å². The Morgan fingerprint density at radius 3 is 2.88 bits per heavy atom. The van der Waals surface area contributed by atoms with Gasteiger partial charge in [0.05, 0.1) is 5.69 Å². The van der Waals surface area contributed by atoms with E-state index in [9.17, 15) is 9.59 Å². The molecule has 6 heteroatoms. The van der Waals surface area contributed by atoms with Gasteiger partial charge in [-0.1, -0.05) is 23.4 Å². The van der Waals surface area contributed by atoms with Crippen LogP contribution in [0.1, 0.15) is 46.3 Å². The summed E-state index contributed by atoms with van der Waals surface area (Å²) in [7, 11) is 0. The molecule has 0 saturated carbocycles. The molecule has 134 valence electrons. The highest BCUT2D eigenvalue weighted by atomic mass is 16.5. The number of carbonyl (C=O) groups excluding carboxylic acids is 1. The van der Waals surface area contributed by atoms with Gasteiger partial charge in [0.25, 0.3) is 11.5 Å². The summed E-state index contributed by atoms with van der Waals surface area (Å²) in [5, 5.41) is 5.51. The monoisotopic (exact) mass is 351 g/mol. The highest BCUT2D eigenvalue weighted by Crippen LogP contribution is 2.28. The molecular weight excluding hydrogens is 330 g/mol. The first-order valence-corrected chi connectivity index (χ1v) is 8.88. The fourth-order valence-electron chi connectivity index (χ4n) is 3.81. The molecule has 1 atom stereocenters. The number of aromatic nitrogens is 2. The average Bonchev–Trinajstić information content (AvgIpc) is 2.99. The Morgan fingerprint density at radius 2 is 2.12 bits per heavy atom. The van der Waals surface area contributed by atoms with Crippen molar-refractivity contribution in [2.45, 2.75) is 32.6 Å². The summed E-state index contributed by atoms with van der Waals surface area (Å²) >= 11 is 0. The van der Waals surface area contributed by atoms with Gasteiger partial charge in [0.1, 0.15) is 11.3 Å². The van der Waals surface area contributed by atoms with Crippen LogP contribution in [0.3, 0.4) is 0 Å². The second-order valence-electron chi connectivity index (χ2n) is 6.93. The molecule has 0 spiro atoms. The van der Waals surface area contributed by atoms with Gasteiger partial charge in [0, 0.05) is 30.1 Å². The van der Waals surface area contributed by atoms with E-state index in [1.165, 1.54) is 0 Å². The lowest BCUT2D eigenvalue weighted by Gasteiger charge is -2.32. The van der Waals surface area contributed by atoms with E-state index in [0.29, 0.717) is 35.5 Å². The van der Waals surface area contributed by atoms with Gasteiger partial charge in [0.2, 0.25) is 0 Å². The van der Waals surface area contributed by atoms with Crippen molar-refractivity contribution >= 4 is 16.7 Å². The van der Waals surface area contributed by atoms with Crippen molar-refractivity contribution in [2.75, 3.05) is 13.1 Å². The largest absolute Gasteiger partial charge is 0.361 e. The van der Waals surface area contributed by atoms with Crippen LogP contribution in [0.2, 0.25) is 0 Å². The lowest BCUT2D eigenvalue weighted by atomic mass is 9.92. The number of hydrogen-bond acceptors (Lipinski definition) is 4. The Bertz CT molecular complexity index is 1010. The molecule has 1 aliphatic heterocycles. The lowest BCUT2D eigenvalue weighted by molar-refractivity contribution is 0.0703. The summed E-state index contributed by atoms with van der Waals surface area (Å²) in [6, 6.07) is 9.60. The normalized spacial score (nSPS) is 17.6. The number of rotatable bonds is 2. The number of nitrogens with one attached hydrogen (secondary N) is 1. The zero-order valence-electron chi connectivity index (χ0n) is 14.9. The second kappa shape index (κ2) is 6.44. The van der Waals surface area contributed by atoms with Gasteiger partial charge in [0.15, 0.2) is 0 Å². The van der Waals surface area contributed by atoms with Crippen LogP contribution in [0.4, 0.5) is 0 Å². The van der Waals surface area contributed by atoms with E-state index in [-0.39, 0.29) is 17.4 Å². The third-order valence-electron chi connectivity index (χ3n) is 5.17. The number of likely N-dealkylation sites (tertiary alicyclic amines) is 1. The standard InChI is InChI=1S/C20H21N3O3/c1-12-18(13(2)26-22-12)20(25)23-9-5-7-15(11-23)17-10-14-6-3-4-8-16(14)19(24)21-17/h3-4,6,8,10,15H,5,7,9,11H2,1-2H3,(H,21,24)/t15-/m1/s1. The van der Waals surface area contributed by atoms with Crippen molar-refractivity contribution in [3.63, 3.8) is 0 Å². The van der Waals surface area contributed by atoms with E-state index in [0.717, 1.165) is 23.9 Å². The number of piperidine rings is 1. The highest BCUT2D eigenvalue weighted by molar-refractivity contribution is 5.96. The van der Waals surface area contributed by atoms with Crippen LogP contribution in [0.5, 0.6) is 0 Å². The zero-order chi connectivity index (χ0) is 18.3. The number of benzene rings is 1. The smallest absolute Gasteiger partial charge is 0.259 e. The minimum absolute atomic E-state index is 0.0471. The van der Waals surface area contributed by atoms with Crippen molar-refractivity contribution in [1.29, 1.82) is 0 Å². The first kappa shape index (κ1) is 16.6. The summed E-state index contributed by atoms with van der Waals surface area (Å²) in [5.41, 5.74) is 1.99. The first-order chi connectivity index (χ1) is 12.5. The van der Waals surface area contributed by atoms with Gasteiger partial charge in [-0.05, 0) is 44.2 Å². The van der Waals surface area contributed by atoms with E-state index < -0.39 is 0 Å². The van der Waals surface area contributed by atoms with Crippen molar-refractivity contribution in [1.82, 2.24) is 15.0 Å². The summed E-state index contributed by atoms with van der Waals surface area (Å²) in [5.74, 6) is 0.619. The number of nitrogens with zero attached hydrogens (tertiary/aromatic N) is 2. The van der Waals surface area contributed by atoms with E-state index in [1.54, 1.807) is 13.8 Å². The molecule has 0 bridgehead atoms. The number of hydrogen-bond donors (Lipinski definition) is 1. The molecule has 0 aliphatic carbocycles. The quantitative estimate of drug-likeness (QED) is 0.769. The Morgan fingerprint density at radius 1 is 1.31 bits per heavy atom. The zero-order valence-corrected chi connectivity index (χ0v) is 14.9. The van der Waals surface area contributed by atoms with Gasteiger partial charge in [-0.15, -0.1) is 0 Å². The number of aryl methyl sites for hydroxylation is 2. The van der Waals surface area contributed by atoms with Gasteiger partial charge >= 0.3 is 0 Å². The van der Waals surface area contributed by atoms with Crippen molar-refractivity contribution in [3.05, 3.63) is 63.4 Å². The third kappa shape index (κ3) is 2.81. The average molecular weight is 351 g/mol. The molecule has 3 aromatic rings. The minimum Gasteiger partial charge on any atom is -0.361 e. The number of aromatic amines is 1. The molecule has 4 rings (SSSR count). The summed E-state index contributed by atoms with van der Waals surface area (Å²) in [4.78, 5) is 30.1. The van der Waals surface area contributed by atoms with Crippen LogP contribution in [-0.4, -0.2) is 34.0 Å². The van der Waals surface area contributed by atoms with E-state index in [1.807, 2.05) is 35.2 Å². The number of amides is 1. The molecule has 1 saturated heterocycles. The summed E-state index contributed by atoms with van der Waals surface area (Å²) < 4.78 is 5.14. The maximum atomic E-state index is 12.9. The Labute approximate surface area is 150 Å². The lowest BCUT2D eigenvalue weighted by Crippen LogP contribution is -2.40. The third-order valence-corrected chi connectivity index (χ3v) is 5.17. The molecule has 1 fully saturated rings. The number of carbonyl (C=O) groups is 1. The van der Waals surface area contributed by atoms with Crippen molar-refractivity contribution in [2.24, 2.45) is 0 Å². The number of pyridine rings is 1. The number of H-pyrrole nitrogens is 1. The predicted octanol–water partition coefficient (Wildman–Crippen LogP) is 3.15. The Balaban J connectivity index is 1.63. The van der Waals surface area contributed by atoms with Crippen LogP contribution < -0.4 is 5.56 Å². The molecule has 26 heavy (non-hydrogen) atoms. The van der Waals surface area contributed by atoms with Crippen molar-refractivity contribution < 1.29 is 9.32 Å². The maximum Gasteiger partial charge on any atom is 0.259 e. The topological polar surface area (TPSA) is 79.2 Å². The van der Waals surface area contributed by atoms with Gasteiger partial charge in [-0.3, -0.25) is 9.59 Å². The molecule has 0 unspecified atom stereocenters. The second-order valence-corrected chi connectivity index (χ2v) is 6.93. The predicted molar refractivity (Wildman–Crippen MR) is 98.4 cm³/mol. The molecule has 0 radical (unpaired) electrons. The van der Waals surface area contributed by atoms with Crippen molar-refractivity contribution in [3.8, 4) is 0 Å². The molecule has 1 aliphatic rings. The van der Waals surface area contributed by atoms with Crippen LogP contribution in [0.25, 0.3) is 10.8 Å². The molecule has 1 aromatic carbocycles. The number of fused-ring (bicyclic) bond motifs is 1. The summed E-state index contributed by atoms with van der Waals surface area (Å²) in [6.07, 6.45) is 1.84. The van der Waals surface area contributed by atoms with E-state index in [2.05, 4.69) is 10.1 Å². The van der Waals surface area contributed by atoms with Crippen LogP contribution in [-0.2, 0) is 0 Å². The minimum atomic E-state index is -0.0766. The van der Waals surface area contributed by atoms with Gasteiger partial charge in [-0.25, -0.2) is 0 Å². The Hall–Kier alpha value is -2.89. The molecule has 3 heterocycles. The van der Waals surface area contributed by atoms with Gasteiger partial charge < -0.3 is 14.4 Å². The van der Waals surface area contributed by atoms with Gasteiger partial charge in [-0.2, -0.15) is 0 Å². The Kier molecular flexibility index (Phi) is 4.11. The first-order valence-electron chi connectivity index (χ1n) is 8.88. The van der Waals surface area contributed by atoms with Crippen LogP contribution in [0.15, 0.2) is 39.6 Å². The van der Waals surface area contributed by atoms with E-state index >= 15 is 0 Å². The highest BCUT2D eigenvalue weighted by Gasteiger charge is 2.29. The van der Waals surface area contributed by atoms with Crippen LogP contribution in [0, 0.1) is 13.8 Å². The summed E-state index contributed by atoms with van der Waals surface area (Å²) in [6.45, 7) is 4.83. The molecule has 1 amide bonds. The van der Waals surface area contributed by atoms with E-state index in [4.69, 9.17) is 4.52 Å². The fourth-order valence-corrected chi connectivity index (χ4v) is 3.81. The molecule has 6 nitrogen and oxygen atoms in total.